The third-order valence-electron chi connectivity index (χ3n) is 2.67. The monoisotopic (exact) mass is 171 g/mol. The molecule has 3 nitrogen and oxygen atoms in total. The van der Waals surface area contributed by atoms with Gasteiger partial charge in [-0.05, 0) is 30.2 Å². The predicted octanol–water partition coefficient (Wildman–Crippen LogP) is 1.23. The molecule has 0 aromatic carbocycles. The summed E-state index contributed by atoms with van der Waals surface area (Å²) in [4.78, 5) is 10.5. The van der Waals surface area contributed by atoms with E-state index in [0.29, 0.717) is 12.0 Å². The van der Waals surface area contributed by atoms with Crippen LogP contribution >= 0.6 is 0 Å². The van der Waals surface area contributed by atoms with Crippen LogP contribution in [0, 0.1) is 10.8 Å². The van der Waals surface area contributed by atoms with E-state index in [1.165, 1.54) is 0 Å². The number of rotatable bonds is 3. The van der Waals surface area contributed by atoms with Crippen molar-refractivity contribution in [2.75, 3.05) is 6.54 Å². The molecule has 1 rings (SSSR count). The standard InChI is InChI=1S/C9H17NO2/c1-8(2)4-9(5-8,6-10)3-7(11)12/h3-6,10H2,1-2H3,(H,11,12). The van der Waals surface area contributed by atoms with Crippen LogP contribution in [0.25, 0.3) is 0 Å². The first-order chi connectivity index (χ1) is 5.39. The Kier molecular flexibility index (Phi) is 2.17. The van der Waals surface area contributed by atoms with Gasteiger partial charge in [0.25, 0.3) is 0 Å². The van der Waals surface area contributed by atoms with Gasteiger partial charge < -0.3 is 10.8 Å². The zero-order valence-corrected chi connectivity index (χ0v) is 7.76. The fraction of sp³-hybridized carbons (Fsp3) is 0.889. The molecule has 0 spiro atoms. The average Bonchev–Trinajstić information content (AvgIpc) is 1.81. The van der Waals surface area contributed by atoms with E-state index in [-0.39, 0.29) is 11.8 Å². The van der Waals surface area contributed by atoms with Gasteiger partial charge >= 0.3 is 5.97 Å². The molecule has 0 aliphatic heterocycles. The summed E-state index contributed by atoms with van der Waals surface area (Å²) in [6.07, 6.45) is 2.12. The van der Waals surface area contributed by atoms with Gasteiger partial charge in [-0.1, -0.05) is 13.8 Å². The van der Waals surface area contributed by atoms with Crippen LogP contribution in [0.5, 0.6) is 0 Å². The minimum Gasteiger partial charge on any atom is -0.481 e. The van der Waals surface area contributed by atoms with Gasteiger partial charge in [-0.2, -0.15) is 0 Å². The van der Waals surface area contributed by atoms with Gasteiger partial charge in [0.15, 0.2) is 0 Å². The highest BCUT2D eigenvalue weighted by atomic mass is 16.4. The van der Waals surface area contributed by atoms with E-state index in [0.717, 1.165) is 12.8 Å². The molecule has 0 radical (unpaired) electrons. The molecule has 70 valence electrons. The molecule has 12 heavy (non-hydrogen) atoms. The minimum atomic E-state index is -0.726. The second-order valence-electron chi connectivity index (χ2n) is 4.79. The van der Waals surface area contributed by atoms with Crippen molar-refractivity contribution in [2.24, 2.45) is 16.6 Å². The van der Waals surface area contributed by atoms with Gasteiger partial charge in [0.05, 0.1) is 6.42 Å². The van der Waals surface area contributed by atoms with Crippen LogP contribution < -0.4 is 5.73 Å². The predicted molar refractivity (Wildman–Crippen MR) is 46.8 cm³/mol. The van der Waals surface area contributed by atoms with Gasteiger partial charge in [-0.25, -0.2) is 0 Å². The van der Waals surface area contributed by atoms with E-state index in [2.05, 4.69) is 13.8 Å². The van der Waals surface area contributed by atoms with Crippen molar-refractivity contribution in [3.8, 4) is 0 Å². The molecule has 0 aromatic rings. The third kappa shape index (κ3) is 1.78. The SMILES string of the molecule is CC1(C)CC(CN)(CC(=O)O)C1. The number of carbonyl (C=O) groups is 1. The largest absolute Gasteiger partial charge is 0.481 e. The fourth-order valence-electron chi connectivity index (χ4n) is 2.64. The normalized spacial score (nSPS) is 24.6. The summed E-state index contributed by atoms with van der Waals surface area (Å²) in [6.45, 7) is 4.81. The van der Waals surface area contributed by atoms with Crippen molar-refractivity contribution in [3.63, 3.8) is 0 Å². The number of hydrogen-bond acceptors (Lipinski definition) is 2. The molecule has 0 unspecified atom stereocenters. The molecule has 1 aliphatic rings. The van der Waals surface area contributed by atoms with E-state index in [1.54, 1.807) is 0 Å². The highest BCUT2D eigenvalue weighted by Crippen LogP contribution is 2.55. The first kappa shape index (κ1) is 9.52. The maximum absolute atomic E-state index is 10.5. The Morgan fingerprint density at radius 2 is 2.00 bits per heavy atom. The van der Waals surface area contributed by atoms with E-state index >= 15 is 0 Å². The highest BCUT2D eigenvalue weighted by molar-refractivity contribution is 5.68. The maximum atomic E-state index is 10.5. The third-order valence-corrected chi connectivity index (χ3v) is 2.67. The van der Waals surface area contributed by atoms with Crippen LogP contribution in [0.1, 0.15) is 33.1 Å². The maximum Gasteiger partial charge on any atom is 0.303 e. The summed E-state index contributed by atoms with van der Waals surface area (Å²) in [7, 11) is 0. The second kappa shape index (κ2) is 2.73. The first-order valence-electron chi connectivity index (χ1n) is 4.31. The lowest BCUT2D eigenvalue weighted by atomic mass is 9.53. The number of carboxylic acids is 1. The van der Waals surface area contributed by atoms with E-state index in [9.17, 15) is 4.79 Å². The van der Waals surface area contributed by atoms with Crippen molar-refractivity contribution in [3.05, 3.63) is 0 Å². The van der Waals surface area contributed by atoms with Crippen molar-refractivity contribution in [2.45, 2.75) is 33.1 Å². The molecule has 3 heteroatoms. The summed E-state index contributed by atoms with van der Waals surface area (Å²) in [6, 6.07) is 0. The molecule has 0 saturated heterocycles. The summed E-state index contributed by atoms with van der Waals surface area (Å²) in [5.41, 5.74) is 5.77. The number of hydrogen-bond donors (Lipinski definition) is 2. The van der Waals surface area contributed by atoms with Gasteiger partial charge in [-0.15, -0.1) is 0 Å². The summed E-state index contributed by atoms with van der Waals surface area (Å²) >= 11 is 0. The van der Waals surface area contributed by atoms with Gasteiger partial charge in [-0.3, -0.25) is 4.79 Å². The summed E-state index contributed by atoms with van der Waals surface area (Å²) in [5, 5.41) is 8.66. The molecule has 1 aliphatic carbocycles. The van der Waals surface area contributed by atoms with Gasteiger partial charge in [0.1, 0.15) is 0 Å². The fourth-order valence-corrected chi connectivity index (χ4v) is 2.64. The van der Waals surface area contributed by atoms with E-state index in [1.807, 2.05) is 0 Å². The second-order valence-corrected chi connectivity index (χ2v) is 4.79. The van der Waals surface area contributed by atoms with Crippen LogP contribution in [0.4, 0.5) is 0 Å². The Balaban J connectivity index is 2.53. The number of aliphatic carboxylic acids is 1. The quantitative estimate of drug-likeness (QED) is 0.671. The first-order valence-corrected chi connectivity index (χ1v) is 4.31. The van der Waals surface area contributed by atoms with Crippen molar-refractivity contribution < 1.29 is 9.90 Å². The smallest absolute Gasteiger partial charge is 0.303 e. The minimum absolute atomic E-state index is 0.102. The zero-order chi connectivity index (χ0) is 9.41. The lowest BCUT2D eigenvalue weighted by Gasteiger charge is -2.52. The molecule has 0 heterocycles. The van der Waals surface area contributed by atoms with Crippen molar-refractivity contribution in [1.29, 1.82) is 0 Å². The van der Waals surface area contributed by atoms with Gasteiger partial charge in [0, 0.05) is 0 Å². The van der Waals surface area contributed by atoms with Crippen molar-refractivity contribution in [1.82, 2.24) is 0 Å². The molecule has 0 atom stereocenters. The number of carboxylic acid groups (broad SMARTS) is 1. The molecular weight excluding hydrogens is 154 g/mol. The van der Waals surface area contributed by atoms with Gasteiger partial charge in [0.2, 0.25) is 0 Å². The highest BCUT2D eigenvalue weighted by Gasteiger charge is 2.49. The Morgan fingerprint density at radius 1 is 1.50 bits per heavy atom. The Labute approximate surface area is 72.9 Å². The van der Waals surface area contributed by atoms with E-state index in [4.69, 9.17) is 10.8 Å². The van der Waals surface area contributed by atoms with Crippen LogP contribution in [-0.2, 0) is 4.79 Å². The van der Waals surface area contributed by atoms with Crippen LogP contribution in [0.15, 0.2) is 0 Å². The average molecular weight is 171 g/mol. The lowest BCUT2D eigenvalue weighted by Crippen LogP contribution is -2.49. The topological polar surface area (TPSA) is 63.3 Å². The molecule has 1 saturated carbocycles. The molecule has 3 N–H and O–H groups in total. The summed E-state index contributed by atoms with van der Waals surface area (Å²) in [5.74, 6) is -0.726. The van der Waals surface area contributed by atoms with E-state index < -0.39 is 5.97 Å². The molecule has 0 bridgehead atoms. The summed E-state index contributed by atoms with van der Waals surface area (Å²) < 4.78 is 0. The van der Waals surface area contributed by atoms with Crippen LogP contribution in [-0.4, -0.2) is 17.6 Å². The molecule has 0 amide bonds. The van der Waals surface area contributed by atoms with Crippen molar-refractivity contribution >= 4 is 5.97 Å². The molecule has 1 fully saturated rings. The zero-order valence-electron chi connectivity index (χ0n) is 7.76. The Hall–Kier alpha value is -0.570. The molecular formula is C9H17NO2. The van der Waals surface area contributed by atoms with Crippen LogP contribution in [0.2, 0.25) is 0 Å². The van der Waals surface area contributed by atoms with Crippen LogP contribution in [0.3, 0.4) is 0 Å². The molecule has 0 aromatic heterocycles. The Morgan fingerprint density at radius 3 is 2.25 bits per heavy atom. The Bertz CT molecular complexity index is 191. The lowest BCUT2D eigenvalue weighted by molar-refractivity contribution is -0.144. The number of nitrogens with two attached hydrogens (primary N) is 1.